The second-order valence-electron chi connectivity index (χ2n) is 6.10. The third-order valence-electron chi connectivity index (χ3n) is 4.47. The molecule has 3 heteroatoms. The summed E-state index contributed by atoms with van der Waals surface area (Å²) in [5.41, 5.74) is 11.6. The largest absolute Gasteiger partial charge is 0.321 e. The first kappa shape index (κ1) is 13.4. The molecule has 3 rings (SSSR count). The highest BCUT2D eigenvalue weighted by atomic mass is 15.3. The van der Waals surface area contributed by atoms with Gasteiger partial charge in [0.1, 0.15) is 0 Å². The smallest absolute Gasteiger partial charge is 0.0596 e. The van der Waals surface area contributed by atoms with E-state index < -0.39 is 0 Å². The van der Waals surface area contributed by atoms with E-state index in [9.17, 15) is 0 Å². The van der Waals surface area contributed by atoms with Gasteiger partial charge < -0.3 is 5.73 Å². The van der Waals surface area contributed by atoms with Crippen molar-refractivity contribution in [2.75, 3.05) is 0 Å². The van der Waals surface area contributed by atoms with Crippen LogP contribution in [0, 0.1) is 6.92 Å². The molecule has 106 valence electrons. The number of aromatic nitrogens is 2. The standard InChI is InChI=1S/C17H23N3/c1-13-11-15(20(2)19-13)12-17(18)10-6-5-8-14-7-3-4-9-16(14)17/h3-4,7,9,11H,5-6,8,10,12,18H2,1-2H3. The molecule has 1 aliphatic rings. The van der Waals surface area contributed by atoms with Crippen molar-refractivity contribution in [1.82, 2.24) is 9.78 Å². The van der Waals surface area contributed by atoms with Crippen molar-refractivity contribution in [1.29, 1.82) is 0 Å². The first-order valence-electron chi connectivity index (χ1n) is 7.45. The summed E-state index contributed by atoms with van der Waals surface area (Å²) in [5, 5.41) is 4.45. The lowest BCUT2D eigenvalue weighted by Crippen LogP contribution is -2.39. The molecule has 0 saturated heterocycles. The number of fused-ring (bicyclic) bond motifs is 1. The summed E-state index contributed by atoms with van der Waals surface area (Å²) in [6, 6.07) is 10.8. The maximum Gasteiger partial charge on any atom is 0.0596 e. The summed E-state index contributed by atoms with van der Waals surface area (Å²) in [6.07, 6.45) is 5.50. The molecule has 0 spiro atoms. The summed E-state index contributed by atoms with van der Waals surface area (Å²) in [5.74, 6) is 0. The second-order valence-corrected chi connectivity index (χ2v) is 6.10. The zero-order chi connectivity index (χ0) is 14.2. The van der Waals surface area contributed by atoms with Crippen LogP contribution in [0.5, 0.6) is 0 Å². The molecule has 0 fully saturated rings. The minimum absolute atomic E-state index is 0.257. The summed E-state index contributed by atoms with van der Waals surface area (Å²) < 4.78 is 1.97. The third kappa shape index (κ3) is 2.38. The molecule has 1 heterocycles. The van der Waals surface area contributed by atoms with E-state index in [1.165, 1.54) is 29.7 Å². The van der Waals surface area contributed by atoms with Gasteiger partial charge in [0.05, 0.1) is 5.69 Å². The molecule has 0 bridgehead atoms. The number of aryl methyl sites for hydroxylation is 3. The van der Waals surface area contributed by atoms with Crippen molar-refractivity contribution in [3.63, 3.8) is 0 Å². The Kier molecular flexibility index (Phi) is 3.38. The van der Waals surface area contributed by atoms with Gasteiger partial charge in [-0.2, -0.15) is 5.10 Å². The number of benzene rings is 1. The number of hydrogen-bond acceptors (Lipinski definition) is 2. The molecule has 1 aromatic carbocycles. The SMILES string of the molecule is Cc1cc(CC2(N)CCCCc3ccccc32)n(C)n1. The van der Waals surface area contributed by atoms with E-state index in [1.807, 2.05) is 18.7 Å². The van der Waals surface area contributed by atoms with E-state index >= 15 is 0 Å². The van der Waals surface area contributed by atoms with Gasteiger partial charge in [0.2, 0.25) is 0 Å². The van der Waals surface area contributed by atoms with Crippen LogP contribution in [0.25, 0.3) is 0 Å². The van der Waals surface area contributed by atoms with Crippen molar-refractivity contribution in [3.8, 4) is 0 Å². The van der Waals surface area contributed by atoms with Crippen LogP contribution in [0.2, 0.25) is 0 Å². The van der Waals surface area contributed by atoms with Crippen LogP contribution >= 0.6 is 0 Å². The lowest BCUT2D eigenvalue weighted by Gasteiger charge is -2.30. The average molecular weight is 269 g/mol. The molecule has 20 heavy (non-hydrogen) atoms. The van der Waals surface area contributed by atoms with Crippen LogP contribution in [-0.2, 0) is 25.4 Å². The highest BCUT2D eigenvalue weighted by Crippen LogP contribution is 2.34. The van der Waals surface area contributed by atoms with E-state index in [1.54, 1.807) is 0 Å². The van der Waals surface area contributed by atoms with E-state index in [2.05, 4.69) is 35.4 Å². The molecular weight excluding hydrogens is 246 g/mol. The van der Waals surface area contributed by atoms with E-state index in [-0.39, 0.29) is 5.54 Å². The Morgan fingerprint density at radius 2 is 2.10 bits per heavy atom. The van der Waals surface area contributed by atoms with Gasteiger partial charge in [0, 0.05) is 24.7 Å². The van der Waals surface area contributed by atoms with Gasteiger partial charge in [-0.05, 0) is 43.4 Å². The van der Waals surface area contributed by atoms with E-state index in [0.29, 0.717) is 0 Å². The van der Waals surface area contributed by atoms with Crippen LogP contribution < -0.4 is 5.73 Å². The average Bonchev–Trinajstić information content (AvgIpc) is 2.64. The Bertz CT molecular complexity index is 614. The Labute approximate surface area is 120 Å². The van der Waals surface area contributed by atoms with Crippen LogP contribution in [0.15, 0.2) is 30.3 Å². The Hall–Kier alpha value is -1.61. The maximum atomic E-state index is 6.84. The molecule has 1 aliphatic carbocycles. The topological polar surface area (TPSA) is 43.8 Å². The van der Waals surface area contributed by atoms with Crippen LogP contribution in [0.3, 0.4) is 0 Å². The van der Waals surface area contributed by atoms with Crippen molar-refractivity contribution >= 4 is 0 Å². The highest BCUT2D eigenvalue weighted by molar-refractivity contribution is 5.36. The van der Waals surface area contributed by atoms with E-state index in [0.717, 1.165) is 25.0 Å². The highest BCUT2D eigenvalue weighted by Gasteiger charge is 2.32. The molecule has 1 atom stereocenters. The van der Waals surface area contributed by atoms with Crippen molar-refractivity contribution in [3.05, 3.63) is 52.8 Å². The molecule has 2 N–H and O–H groups in total. The quantitative estimate of drug-likeness (QED) is 0.852. The fraction of sp³-hybridized carbons (Fsp3) is 0.471. The molecule has 0 amide bonds. The van der Waals surface area contributed by atoms with Crippen LogP contribution in [0.4, 0.5) is 0 Å². The van der Waals surface area contributed by atoms with Gasteiger partial charge in [-0.25, -0.2) is 0 Å². The first-order valence-corrected chi connectivity index (χ1v) is 7.45. The number of nitrogens with zero attached hydrogens (tertiary/aromatic N) is 2. The molecule has 2 aromatic rings. The van der Waals surface area contributed by atoms with Gasteiger partial charge in [0.25, 0.3) is 0 Å². The van der Waals surface area contributed by atoms with Crippen molar-refractivity contribution in [2.45, 2.75) is 44.6 Å². The van der Waals surface area contributed by atoms with Gasteiger partial charge in [-0.15, -0.1) is 0 Å². The maximum absolute atomic E-state index is 6.84. The van der Waals surface area contributed by atoms with Crippen molar-refractivity contribution in [2.24, 2.45) is 12.8 Å². The third-order valence-corrected chi connectivity index (χ3v) is 4.47. The Morgan fingerprint density at radius 3 is 2.85 bits per heavy atom. The predicted octanol–water partition coefficient (Wildman–Crippen LogP) is 2.85. The Morgan fingerprint density at radius 1 is 1.30 bits per heavy atom. The second kappa shape index (κ2) is 5.06. The Balaban J connectivity index is 2.00. The summed E-state index contributed by atoms with van der Waals surface area (Å²) in [7, 11) is 2.01. The molecule has 0 aliphatic heterocycles. The molecule has 0 radical (unpaired) electrons. The number of rotatable bonds is 2. The summed E-state index contributed by atoms with van der Waals surface area (Å²) >= 11 is 0. The van der Waals surface area contributed by atoms with Gasteiger partial charge in [-0.1, -0.05) is 30.7 Å². The number of nitrogens with two attached hydrogens (primary N) is 1. The fourth-order valence-corrected chi connectivity index (χ4v) is 3.45. The van der Waals surface area contributed by atoms with Gasteiger partial charge in [-0.3, -0.25) is 4.68 Å². The summed E-state index contributed by atoms with van der Waals surface area (Å²) in [6.45, 7) is 2.04. The van der Waals surface area contributed by atoms with Crippen LogP contribution in [0.1, 0.15) is 41.8 Å². The molecule has 1 aromatic heterocycles. The zero-order valence-corrected chi connectivity index (χ0v) is 12.4. The van der Waals surface area contributed by atoms with E-state index in [4.69, 9.17) is 5.73 Å². The van der Waals surface area contributed by atoms with Gasteiger partial charge >= 0.3 is 0 Å². The fourth-order valence-electron chi connectivity index (χ4n) is 3.45. The number of hydrogen-bond donors (Lipinski definition) is 1. The monoisotopic (exact) mass is 269 g/mol. The van der Waals surface area contributed by atoms with Crippen molar-refractivity contribution < 1.29 is 0 Å². The zero-order valence-electron chi connectivity index (χ0n) is 12.4. The summed E-state index contributed by atoms with van der Waals surface area (Å²) in [4.78, 5) is 0. The minimum atomic E-state index is -0.257. The predicted molar refractivity (Wildman–Crippen MR) is 81.5 cm³/mol. The lowest BCUT2D eigenvalue weighted by molar-refractivity contribution is 0.388. The lowest BCUT2D eigenvalue weighted by atomic mass is 9.81. The molecule has 3 nitrogen and oxygen atoms in total. The van der Waals surface area contributed by atoms with Crippen LogP contribution in [-0.4, -0.2) is 9.78 Å². The first-order chi connectivity index (χ1) is 9.58. The minimum Gasteiger partial charge on any atom is -0.321 e. The molecule has 0 saturated carbocycles. The normalized spacial score (nSPS) is 22.4. The van der Waals surface area contributed by atoms with Gasteiger partial charge in [0.15, 0.2) is 0 Å². The molecule has 1 unspecified atom stereocenters. The molecular formula is C17H23N3.